The van der Waals surface area contributed by atoms with E-state index < -0.39 is 11.6 Å². The molecule has 0 amide bonds. The zero-order valence-electron chi connectivity index (χ0n) is 10.5. The van der Waals surface area contributed by atoms with E-state index in [2.05, 4.69) is 4.74 Å². The topological polar surface area (TPSA) is 78.9 Å². The third-order valence-electron chi connectivity index (χ3n) is 2.84. The number of hydrogen-bond acceptors (Lipinski definition) is 6. The highest BCUT2D eigenvalue weighted by atomic mass is 16.6. The first-order chi connectivity index (χ1) is 9.69. The van der Waals surface area contributed by atoms with Gasteiger partial charge in [0.05, 0.1) is 13.4 Å². The minimum absolute atomic E-state index is 0.214. The highest BCUT2D eigenvalue weighted by Gasteiger charge is 2.16. The van der Waals surface area contributed by atoms with Crippen LogP contribution in [-0.4, -0.2) is 19.7 Å². The Hall–Kier alpha value is -2.76. The number of benzene rings is 1. The van der Waals surface area contributed by atoms with Gasteiger partial charge in [0.25, 0.3) is 0 Å². The normalized spacial score (nSPS) is 10.8. The molecule has 0 aliphatic rings. The highest BCUT2D eigenvalue weighted by molar-refractivity contribution is 6.00. The fourth-order valence-corrected chi connectivity index (χ4v) is 1.93. The Morgan fingerprint density at radius 2 is 2.00 bits per heavy atom. The smallest absolute Gasteiger partial charge is 0.343 e. The summed E-state index contributed by atoms with van der Waals surface area (Å²) in [6.07, 6.45) is 1.49. The summed E-state index contributed by atoms with van der Waals surface area (Å²) in [6, 6.07) is 6.50. The van der Waals surface area contributed by atoms with Gasteiger partial charge >= 0.3 is 11.6 Å². The van der Waals surface area contributed by atoms with Crippen LogP contribution in [0.5, 0.6) is 5.75 Å². The summed E-state index contributed by atoms with van der Waals surface area (Å²) in [6.45, 7) is -0.302. The molecule has 0 spiro atoms. The average Bonchev–Trinajstić information content (AvgIpc) is 2.91. The van der Waals surface area contributed by atoms with Gasteiger partial charge in [-0.1, -0.05) is 0 Å². The van der Waals surface area contributed by atoms with Crippen molar-refractivity contribution in [3.8, 4) is 5.75 Å². The molecule has 0 radical (unpaired) electrons. The molecule has 0 bridgehead atoms. The van der Waals surface area contributed by atoms with E-state index in [0.717, 1.165) is 5.39 Å². The van der Waals surface area contributed by atoms with Crippen molar-refractivity contribution in [2.24, 2.45) is 0 Å². The molecule has 0 atom stereocenters. The maximum Gasteiger partial charge on any atom is 0.343 e. The van der Waals surface area contributed by atoms with Crippen molar-refractivity contribution in [3.05, 3.63) is 40.9 Å². The van der Waals surface area contributed by atoms with Crippen molar-refractivity contribution in [2.75, 3.05) is 13.7 Å². The molecule has 3 rings (SSSR count). The van der Waals surface area contributed by atoms with E-state index in [0.29, 0.717) is 11.0 Å². The summed E-state index contributed by atoms with van der Waals surface area (Å²) in [5.74, 6) is -0.328. The van der Waals surface area contributed by atoms with Crippen LogP contribution < -0.4 is 10.4 Å². The molecular weight excluding hydrogens is 264 g/mol. The molecule has 3 aromatic rings. The highest BCUT2D eigenvalue weighted by Crippen LogP contribution is 2.34. The fraction of sp³-hybridized carbons (Fsp3) is 0.143. The van der Waals surface area contributed by atoms with Gasteiger partial charge in [0, 0.05) is 16.8 Å². The summed E-state index contributed by atoms with van der Waals surface area (Å²) in [7, 11) is 1.26. The maximum atomic E-state index is 11.4. The number of methoxy groups -OCH3 is 1. The van der Waals surface area contributed by atoms with Crippen molar-refractivity contribution >= 4 is 27.9 Å². The van der Waals surface area contributed by atoms with Crippen LogP contribution in [0.2, 0.25) is 0 Å². The van der Waals surface area contributed by atoms with Gasteiger partial charge in [0.15, 0.2) is 17.8 Å². The van der Waals surface area contributed by atoms with Crippen LogP contribution in [0.4, 0.5) is 0 Å². The van der Waals surface area contributed by atoms with Crippen LogP contribution in [0.3, 0.4) is 0 Å². The average molecular weight is 274 g/mol. The molecule has 20 heavy (non-hydrogen) atoms. The van der Waals surface area contributed by atoms with Gasteiger partial charge in [-0.15, -0.1) is 0 Å². The first-order valence-electron chi connectivity index (χ1n) is 5.83. The van der Waals surface area contributed by atoms with E-state index in [1.165, 1.54) is 19.4 Å². The van der Waals surface area contributed by atoms with Crippen molar-refractivity contribution in [1.29, 1.82) is 0 Å². The summed E-state index contributed by atoms with van der Waals surface area (Å²) in [5.41, 5.74) is 0.144. The third-order valence-corrected chi connectivity index (χ3v) is 2.84. The molecule has 0 aliphatic heterocycles. The first-order valence-corrected chi connectivity index (χ1v) is 5.83. The molecule has 0 saturated carbocycles. The third kappa shape index (κ3) is 2.01. The maximum absolute atomic E-state index is 11.4. The SMILES string of the molecule is COC(=O)COc1c2occc2cc2ccc(=O)oc12. The molecule has 2 aromatic heterocycles. The van der Waals surface area contributed by atoms with Crippen molar-refractivity contribution < 1.29 is 23.1 Å². The van der Waals surface area contributed by atoms with Gasteiger partial charge in [0.2, 0.25) is 5.75 Å². The number of ether oxygens (including phenoxy) is 2. The van der Waals surface area contributed by atoms with E-state index in [-0.39, 0.29) is 17.9 Å². The van der Waals surface area contributed by atoms with Gasteiger partial charge in [-0.05, 0) is 18.2 Å². The number of carbonyl (C=O) groups excluding carboxylic acids is 1. The standard InChI is InChI=1S/C14H10O6/c1-17-11(16)7-19-14-12-9(4-5-18-12)6-8-2-3-10(15)20-13(8)14/h2-6H,7H2,1H3. The Morgan fingerprint density at radius 3 is 2.80 bits per heavy atom. The largest absolute Gasteiger partial charge is 0.474 e. The molecule has 0 fully saturated rings. The van der Waals surface area contributed by atoms with Crippen LogP contribution in [0.1, 0.15) is 0 Å². The summed E-state index contributed by atoms with van der Waals surface area (Å²) in [4.78, 5) is 22.6. The molecular formula is C14H10O6. The second kappa shape index (κ2) is 4.73. The number of furan rings is 1. The molecule has 2 heterocycles. The van der Waals surface area contributed by atoms with Crippen LogP contribution in [0, 0.1) is 0 Å². The number of esters is 1. The summed E-state index contributed by atoms with van der Waals surface area (Å²) < 4.78 is 20.4. The Balaban J connectivity index is 2.21. The summed E-state index contributed by atoms with van der Waals surface area (Å²) in [5, 5.41) is 1.46. The van der Waals surface area contributed by atoms with Gasteiger partial charge in [-0.25, -0.2) is 9.59 Å². The zero-order valence-corrected chi connectivity index (χ0v) is 10.5. The number of hydrogen-bond donors (Lipinski definition) is 0. The summed E-state index contributed by atoms with van der Waals surface area (Å²) >= 11 is 0. The molecule has 1 aromatic carbocycles. The predicted molar refractivity (Wildman–Crippen MR) is 69.8 cm³/mol. The van der Waals surface area contributed by atoms with Crippen LogP contribution in [0.25, 0.3) is 21.9 Å². The second-order valence-electron chi connectivity index (χ2n) is 4.08. The number of carbonyl (C=O) groups is 1. The molecule has 0 N–H and O–H groups in total. The Kier molecular flexibility index (Phi) is 2.90. The first kappa shape index (κ1) is 12.3. The molecule has 0 aliphatic carbocycles. The van der Waals surface area contributed by atoms with E-state index in [1.54, 1.807) is 12.1 Å². The predicted octanol–water partition coefficient (Wildman–Crippen LogP) is 2.09. The van der Waals surface area contributed by atoms with Gasteiger partial charge in [-0.2, -0.15) is 0 Å². The fourth-order valence-electron chi connectivity index (χ4n) is 1.93. The van der Waals surface area contributed by atoms with Crippen LogP contribution >= 0.6 is 0 Å². The Morgan fingerprint density at radius 1 is 1.20 bits per heavy atom. The molecule has 0 saturated heterocycles. The zero-order chi connectivity index (χ0) is 14.1. The van der Waals surface area contributed by atoms with Crippen LogP contribution in [-0.2, 0) is 9.53 Å². The van der Waals surface area contributed by atoms with Gasteiger partial charge in [-0.3, -0.25) is 0 Å². The van der Waals surface area contributed by atoms with Crippen molar-refractivity contribution in [3.63, 3.8) is 0 Å². The minimum Gasteiger partial charge on any atom is -0.474 e. The lowest BCUT2D eigenvalue weighted by molar-refractivity contribution is -0.142. The van der Waals surface area contributed by atoms with Crippen LogP contribution in [0.15, 0.2) is 44.2 Å². The number of rotatable bonds is 3. The molecule has 102 valence electrons. The van der Waals surface area contributed by atoms with E-state index in [1.807, 2.05) is 6.07 Å². The second-order valence-corrected chi connectivity index (χ2v) is 4.08. The van der Waals surface area contributed by atoms with E-state index >= 15 is 0 Å². The van der Waals surface area contributed by atoms with E-state index in [9.17, 15) is 9.59 Å². The molecule has 0 unspecified atom stereocenters. The quantitative estimate of drug-likeness (QED) is 0.537. The minimum atomic E-state index is -0.542. The lowest BCUT2D eigenvalue weighted by atomic mass is 10.1. The number of fused-ring (bicyclic) bond motifs is 2. The van der Waals surface area contributed by atoms with Gasteiger partial charge in [0.1, 0.15) is 0 Å². The van der Waals surface area contributed by atoms with E-state index in [4.69, 9.17) is 13.6 Å². The lowest BCUT2D eigenvalue weighted by Gasteiger charge is -2.07. The lowest BCUT2D eigenvalue weighted by Crippen LogP contribution is -2.13. The van der Waals surface area contributed by atoms with Crippen molar-refractivity contribution in [1.82, 2.24) is 0 Å². The Bertz CT molecular complexity index is 842. The Labute approximate surface area is 112 Å². The van der Waals surface area contributed by atoms with Crippen molar-refractivity contribution in [2.45, 2.75) is 0 Å². The molecule has 6 nitrogen and oxygen atoms in total. The molecule has 6 heteroatoms. The monoisotopic (exact) mass is 274 g/mol. The van der Waals surface area contributed by atoms with Gasteiger partial charge < -0.3 is 18.3 Å².